The number of carbonyl (C=O) groups is 2. The molecule has 0 bridgehead atoms. The van der Waals surface area contributed by atoms with Crippen molar-refractivity contribution in [2.75, 3.05) is 18.4 Å². The summed E-state index contributed by atoms with van der Waals surface area (Å²) in [6, 6.07) is 7.19. The largest absolute Gasteiger partial charge is 0.342 e. The number of piperidine rings is 1. The van der Waals surface area contributed by atoms with Gasteiger partial charge < -0.3 is 20.1 Å². The third kappa shape index (κ3) is 5.47. The van der Waals surface area contributed by atoms with E-state index in [2.05, 4.69) is 20.8 Å². The highest BCUT2D eigenvalue weighted by Crippen LogP contribution is 2.27. The highest BCUT2D eigenvalue weighted by atomic mass is 16.5. The first-order valence-corrected chi connectivity index (χ1v) is 11.8. The summed E-state index contributed by atoms with van der Waals surface area (Å²) >= 11 is 0. The second kappa shape index (κ2) is 10.1. The van der Waals surface area contributed by atoms with Gasteiger partial charge in [-0.15, -0.1) is 0 Å². The van der Waals surface area contributed by atoms with Crippen LogP contribution in [0.2, 0.25) is 0 Å². The van der Waals surface area contributed by atoms with Crippen molar-refractivity contribution in [2.24, 2.45) is 5.92 Å². The Balaban J connectivity index is 1.23. The van der Waals surface area contributed by atoms with Crippen molar-refractivity contribution in [2.45, 2.75) is 70.8 Å². The van der Waals surface area contributed by atoms with Gasteiger partial charge in [-0.2, -0.15) is 4.98 Å². The summed E-state index contributed by atoms with van der Waals surface area (Å²) in [6.45, 7) is 5.46. The number of aromatic nitrogens is 2. The Kier molecular flexibility index (Phi) is 7.07. The standard InChI is InChI=1S/C24H33N5O3/c1-16(2)21-27-22(32-28-21)17-8-10-19(11-9-17)25-24(31)26-20-12-14-29(15-13-20)23(30)18-6-4-3-5-7-18/h8-11,16,18,20H,3-7,12-15H2,1-2H3,(H2,25,26,31). The predicted molar refractivity (Wildman–Crippen MR) is 122 cm³/mol. The molecule has 0 unspecified atom stereocenters. The zero-order chi connectivity index (χ0) is 22.5. The molecule has 172 valence electrons. The molecule has 1 saturated carbocycles. The lowest BCUT2D eigenvalue weighted by molar-refractivity contribution is -0.137. The van der Waals surface area contributed by atoms with Crippen molar-refractivity contribution in [1.29, 1.82) is 0 Å². The minimum atomic E-state index is -0.227. The minimum Gasteiger partial charge on any atom is -0.342 e. The number of urea groups is 1. The topological polar surface area (TPSA) is 100 Å². The maximum atomic E-state index is 12.7. The Morgan fingerprint density at radius 1 is 1.03 bits per heavy atom. The molecule has 2 heterocycles. The number of amides is 3. The normalized spacial score (nSPS) is 18.0. The minimum absolute atomic E-state index is 0.0810. The van der Waals surface area contributed by atoms with Gasteiger partial charge in [-0.3, -0.25) is 4.79 Å². The average molecular weight is 440 g/mol. The third-order valence-electron chi connectivity index (χ3n) is 6.44. The highest BCUT2D eigenvalue weighted by molar-refractivity contribution is 5.89. The van der Waals surface area contributed by atoms with Crippen LogP contribution in [-0.2, 0) is 4.79 Å². The number of hydrogen-bond acceptors (Lipinski definition) is 5. The molecular weight excluding hydrogens is 406 g/mol. The second-order valence-corrected chi connectivity index (χ2v) is 9.22. The van der Waals surface area contributed by atoms with E-state index < -0.39 is 0 Å². The van der Waals surface area contributed by atoms with Gasteiger partial charge in [0, 0.05) is 42.2 Å². The summed E-state index contributed by atoms with van der Waals surface area (Å²) in [5.74, 6) is 1.87. The number of anilines is 1. The molecule has 2 N–H and O–H groups in total. The van der Waals surface area contributed by atoms with E-state index in [1.54, 1.807) is 0 Å². The first kappa shape index (κ1) is 22.3. The van der Waals surface area contributed by atoms with Crippen LogP contribution in [0, 0.1) is 5.92 Å². The molecule has 0 spiro atoms. The molecule has 1 aliphatic heterocycles. The second-order valence-electron chi connectivity index (χ2n) is 9.22. The van der Waals surface area contributed by atoms with E-state index in [4.69, 9.17) is 4.52 Å². The maximum Gasteiger partial charge on any atom is 0.319 e. The van der Waals surface area contributed by atoms with Gasteiger partial charge in [-0.25, -0.2) is 4.79 Å². The fourth-order valence-electron chi connectivity index (χ4n) is 4.49. The number of nitrogens with zero attached hydrogens (tertiary/aromatic N) is 3. The molecule has 1 aliphatic carbocycles. The van der Waals surface area contributed by atoms with Gasteiger partial charge in [0.2, 0.25) is 5.91 Å². The molecule has 0 atom stereocenters. The maximum absolute atomic E-state index is 12.7. The van der Waals surface area contributed by atoms with Crippen molar-refractivity contribution in [1.82, 2.24) is 20.4 Å². The SMILES string of the molecule is CC(C)c1noc(-c2ccc(NC(=O)NC3CCN(C(=O)C4CCCCC4)CC3)cc2)n1. The van der Waals surface area contributed by atoms with Gasteiger partial charge in [-0.1, -0.05) is 38.3 Å². The summed E-state index contributed by atoms with van der Waals surface area (Å²) in [7, 11) is 0. The van der Waals surface area contributed by atoms with Crippen LogP contribution in [0.4, 0.5) is 10.5 Å². The Morgan fingerprint density at radius 3 is 2.34 bits per heavy atom. The Labute approximate surface area is 189 Å². The van der Waals surface area contributed by atoms with Crippen LogP contribution in [0.25, 0.3) is 11.5 Å². The summed E-state index contributed by atoms with van der Waals surface area (Å²) in [5.41, 5.74) is 1.50. The molecule has 8 nitrogen and oxygen atoms in total. The number of likely N-dealkylation sites (tertiary alicyclic amines) is 1. The smallest absolute Gasteiger partial charge is 0.319 e. The highest BCUT2D eigenvalue weighted by Gasteiger charge is 2.29. The van der Waals surface area contributed by atoms with E-state index in [0.717, 1.165) is 44.3 Å². The molecule has 2 aliphatic rings. The molecule has 32 heavy (non-hydrogen) atoms. The molecule has 1 saturated heterocycles. The number of nitrogens with one attached hydrogen (secondary N) is 2. The van der Waals surface area contributed by atoms with Gasteiger partial charge >= 0.3 is 6.03 Å². The van der Waals surface area contributed by atoms with Crippen LogP contribution in [0.15, 0.2) is 28.8 Å². The van der Waals surface area contributed by atoms with E-state index in [-0.39, 0.29) is 23.9 Å². The van der Waals surface area contributed by atoms with Crippen molar-refractivity contribution >= 4 is 17.6 Å². The van der Waals surface area contributed by atoms with Crippen LogP contribution >= 0.6 is 0 Å². The molecule has 3 amide bonds. The fourth-order valence-corrected chi connectivity index (χ4v) is 4.49. The van der Waals surface area contributed by atoms with Crippen LogP contribution in [0.1, 0.15) is 70.5 Å². The molecule has 0 radical (unpaired) electrons. The average Bonchev–Trinajstić information content (AvgIpc) is 3.31. The van der Waals surface area contributed by atoms with E-state index in [9.17, 15) is 9.59 Å². The Hall–Kier alpha value is -2.90. The first-order chi connectivity index (χ1) is 15.5. The third-order valence-corrected chi connectivity index (χ3v) is 6.44. The molecule has 1 aromatic carbocycles. The van der Waals surface area contributed by atoms with Crippen LogP contribution < -0.4 is 10.6 Å². The number of hydrogen-bond donors (Lipinski definition) is 2. The fraction of sp³-hybridized carbons (Fsp3) is 0.583. The van der Waals surface area contributed by atoms with Gasteiger partial charge in [0.15, 0.2) is 5.82 Å². The predicted octanol–water partition coefficient (Wildman–Crippen LogP) is 4.55. The molecule has 8 heteroatoms. The van der Waals surface area contributed by atoms with E-state index in [0.29, 0.717) is 23.3 Å². The van der Waals surface area contributed by atoms with Gasteiger partial charge in [0.05, 0.1) is 0 Å². The van der Waals surface area contributed by atoms with E-state index >= 15 is 0 Å². The Morgan fingerprint density at radius 2 is 1.72 bits per heavy atom. The van der Waals surface area contributed by atoms with Crippen LogP contribution in [0.3, 0.4) is 0 Å². The number of carbonyl (C=O) groups excluding carboxylic acids is 2. The van der Waals surface area contributed by atoms with E-state index in [1.165, 1.54) is 19.3 Å². The summed E-state index contributed by atoms with van der Waals surface area (Å²) in [6.07, 6.45) is 7.24. The quantitative estimate of drug-likeness (QED) is 0.712. The zero-order valence-electron chi connectivity index (χ0n) is 19.0. The lowest BCUT2D eigenvalue weighted by Crippen LogP contribution is -2.49. The van der Waals surface area contributed by atoms with Crippen molar-refractivity contribution < 1.29 is 14.1 Å². The molecule has 1 aromatic heterocycles. The lowest BCUT2D eigenvalue weighted by atomic mass is 9.87. The summed E-state index contributed by atoms with van der Waals surface area (Å²) < 4.78 is 5.31. The van der Waals surface area contributed by atoms with E-state index in [1.807, 2.05) is 43.0 Å². The molecule has 4 rings (SSSR count). The van der Waals surface area contributed by atoms with Crippen molar-refractivity contribution in [3.05, 3.63) is 30.1 Å². The number of rotatable bonds is 5. The molecular formula is C24H33N5O3. The Bertz CT molecular complexity index is 910. The van der Waals surface area contributed by atoms with Gasteiger partial charge in [-0.05, 0) is 49.9 Å². The first-order valence-electron chi connectivity index (χ1n) is 11.8. The number of benzene rings is 1. The summed E-state index contributed by atoms with van der Waals surface area (Å²) in [5, 5.41) is 9.90. The molecule has 2 fully saturated rings. The molecule has 2 aromatic rings. The van der Waals surface area contributed by atoms with Crippen LogP contribution in [-0.4, -0.2) is 46.1 Å². The monoisotopic (exact) mass is 439 g/mol. The van der Waals surface area contributed by atoms with Crippen LogP contribution in [0.5, 0.6) is 0 Å². The van der Waals surface area contributed by atoms with Gasteiger partial charge in [0.25, 0.3) is 5.89 Å². The van der Waals surface area contributed by atoms with Crippen molar-refractivity contribution in [3.8, 4) is 11.5 Å². The zero-order valence-corrected chi connectivity index (χ0v) is 19.0. The van der Waals surface area contributed by atoms with Gasteiger partial charge in [0.1, 0.15) is 0 Å². The van der Waals surface area contributed by atoms with Crippen molar-refractivity contribution in [3.63, 3.8) is 0 Å². The summed E-state index contributed by atoms with van der Waals surface area (Å²) in [4.78, 5) is 31.5. The lowest BCUT2D eigenvalue weighted by Gasteiger charge is -2.35.